The topological polar surface area (TPSA) is 110 Å². The molecule has 0 aliphatic carbocycles. The first-order chi connectivity index (χ1) is 10.1. The summed E-state index contributed by atoms with van der Waals surface area (Å²) < 4.78 is 37.0. The van der Waals surface area contributed by atoms with E-state index >= 15 is 0 Å². The lowest BCUT2D eigenvalue weighted by Crippen LogP contribution is -2.26. The zero-order valence-corrected chi connectivity index (χ0v) is 13.7. The van der Waals surface area contributed by atoms with Crippen molar-refractivity contribution in [3.63, 3.8) is 0 Å². The Hall–Kier alpha value is -1.93. The third kappa shape index (κ3) is 4.05. The number of anilines is 1. The van der Waals surface area contributed by atoms with Crippen LogP contribution in [0.2, 0.25) is 0 Å². The minimum atomic E-state index is -4.40. The second kappa shape index (κ2) is 6.89. The average Bonchev–Trinajstić information content (AvgIpc) is 2.44. The molecule has 1 unspecified atom stereocenters. The number of carbonyl (C=O) groups is 2. The Morgan fingerprint density at radius 2 is 1.95 bits per heavy atom. The van der Waals surface area contributed by atoms with Crippen LogP contribution in [0.4, 0.5) is 5.69 Å². The number of ketones is 1. The summed E-state index contributed by atoms with van der Waals surface area (Å²) in [6.07, 6.45) is 0.324. The first kappa shape index (κ1) is 18.1. The highest BCUT2D eigenvalue weighted by molar-refractivity contribution is 7.85. The van der Waals surface area contributed by atoms with Crippen LogP contribution in [0.25, 0.3) is 0 Å². The third-order valence-corrected chi connectivity index (χ3v) is 4.24. The van der Waals surface area contributed by atoms with Gasteiger partial charge in [0.05, 0.1) is 18.7 Å². The van der Waals surface area contributed by atoms with Crippen molar-refractivity contribution in [1.82, 2.24) is 0 Å². The quantitative estimate of drug-likeness (QED) is 0.607. The molecule has 1 amide bonds. The standard InChI is InChI=1S/C14H19NO6S/c1-5-10-6-11(15-14(17)8(2)9(3)16)12(21-4)7-13(10)22(18,19)20/h6-8H,5H2,1-4H3,(H,15,17)(H,18,19,20). The highest BCUT2D eigenvalue weighted by Crippen LogP contribution is 2.31. The molecule has 1 aromatic carbocycles. The summed E-state index contributed by atoms with van der Waals surface area (Å²) >= 11 is 0. The second-order valence-electron chi connectivity index (χ2n) is 4.81. The molecule has 0 heterocycles. The Morgan fingerprint density at radius 3 is 2.36 bits per heavy atom. The molecule has 1 aromatic rings. The number of Topliss-reactive ketones (excluding diaryl/α,β-unsaturated/α-hetero) is 1. The van der Waals surface area contributed by atoms with Gasteiger partial charge in [0.15, 0.2) is 0 Å². The molecule has 7 nitrogen and oxygen atoms in total. The fourth-order valence-electron chi connectivity index (χ4n) is 1.81. The van der Waals surface area contributed by atoms with Gasteiger partial charge in [0.2, 0.25) is 5.91 Å². The van der Waals surface area contributed by atoms with Crippen molar-refractivity contribution in [3.8, 4) is 5.75 Å². The van der Waals surface area contributed by atoms with Gasteiger partial charge < -0.3 is 10.1 Å². The van der Waals surface area contributed by atoms with Crippen LogP contribution in [0.3, 0.4) is 0 Å². The zero-order valence-electron chi connectivity index (χ0n) is 12.8. The minimum absolute atomic E-state index is 0.0777. The number of carbonyl (C=O) groups excluding carboxylic acids is 2. The monoisotopic (exact) mass is 329 g/mol. The predicted molar refractivity (Wildman–Crippen MR) is 80.7 cm³/mol. The first-order valence-electron chi connectivity index (χ1n) is 6.61. The van der Waals surface area contributed by atoms with Crippen molar-refractivity contribution < 1.29 is 27.3 Å². The summed E-state index contributed by atoms with van der Waals surface area (Å²) in [5.41, 5.74) is 0.568. The Bertz CT molecular complexity index is 696. The lowest BCUT2D eigenvalue weighted by molar-refractivity contribution is -0.129. The van der Waals surface area contributed by atoms with Gasteiger partial charge in [0.1, 0.15) is 16.4 Å². The molecule has 0 aliphatic rings. The van der Waals surface area contributed by atoms with Crippen LogP contribution in [0.1, 0.15) is 26.3 Å². The van der Waals surface area contributed by atoms with E-state index in [0.29, 0.717) is 12.0 Å². The number of nitrogens with one attached hydrogen (secondary N) is 1. The van der Waals surface area contributed by atoms with E-state index in [2.05, 4.69) is 5.32 Å². The van der Waals surface area contributed by atoms with Gasteiger partial charge in [-0.05, 0) is 31.9 Å². The molecule has 0 saturated carbocycles. The van der Waals surface area contributed by atoms with Crippen molar-refractivity contribution in [1.29, 1.82) is 0 Å². The number of benzene rings is 1. The molecule has 8 heteroatoms. The van der Waals surface area contributed by atoms with Crippen LogP contribution in [-0.2, 0) is 26.1 Å². The highest BCUT2D eigenvalue weighted by atomic mass is 32.2. The zero-order chi connectivity index (χ0) is 17.1. The third-order valence-electron chi connectivity index (χ3n) is 3.30. The fourth-order valence-corrected chi connectivity index (χ4v) is 2.61. The number of ether oxygens (including phenoxy) is 1. The SMILES string of the molecule is CCc1cc(NC(=O)C(C)C(C)=O)c(OC)cc1S(=O)(=O)O. The van der Waals surface area contributed by atoms with Gasteiger partial charge in [0, 0.05) is 6.07 Å². The van der Waals surface area contributed by atoms with Crippen LogP contribution >= 0.6 is 0 Å². The summed E-state index contributed by atoms with van der Waals surface area (Å²) in [6, 6.07) is 2.55. The molecular formula is C14H19NO6S. The number of aryl methyl sites for hydroxylation is 1. The van der Waals surface area contributed by atoms with Gasteiger partial charge in [-0.25, -0.2) is 0 Å². The maximum Gasteiger partial charge on any atom is 0.294 e. The van der Waals surface area contributed by atoms with Crippen molar-refractivity contribution in [3.05, 3.63) is 17.7 Å². The Morgan fingerprint density at radius 1 is 1.36 bits per heavy atom. The molecule has 0 saturated heterocycles. The van der Waals surface area contributed by atoms with E-state index in [-0.39, 0.29) is 22.1 Å². The van der Waals surface area contributed by atoms with E-state index in [1.54, 1.807) is 6.92 Å². The molecular weight excluding hydrogens is 310 g/mol. The van der Waals surface area contributed by atoms with E-state index in [0.717, 1.165) is 6.07 Å². The second-order valence-corrected chi connectivity index (χ2v) is 6.20. The van der Waals surface area contributed by atoms with E-state index in [1.807, 2.05) is 0 Å². The Labute approximate surface area is 129 Å². The largest absolute Gasteiger partial charge is 0.495 e. The van der Waals surface area contributed by atoms with Crippen molar-refractivity contribution >= 4 is 27.5 Å². The van der Waals surface area contributed by atoms with Gasteiger partial charge in [0.25, 0.3) is 10.1 Å². The smallest absolute Gasteiger partial charge is 0.294 e. The van der Waals surface area contributed by atoms with Crippen LogP contribution in [-0.4, -0.2) is 31.8 Å². The highest BCUT2D eigenvalue weighted by Gasteiger charge is 2.22. The summed E-state index contributed by atoms with van der Waals surface area (Å²) in [4.78, 5) is 22.9. The fraction of sp³-hybridized carbons (Fsp3) is 0.429. The first-order valence-corrected chi connectivity index (χ1v) is 8.05. The molecule has 0 spiro atoms. The summed E-state index contributed by atoms with van der Waals surface area (Å²) in [5, 5.41) is 2.53. The molecule has 1 atom stereocenters. The van der Waals surface area contributed by atoms with E-state index in [1.165, 1.54) is 27.0 Å². The maximum atomic E-state index is 11.9. The van der Waals surface area contributed by atoms with Gasteiger partial charge in [-0.15, -0.1) is 0 Å². The maximum absolute atomic E-state index is 11.9. The molecule has 0 fully saturated rings. The molecule has 0 aliphatic heterocycles. The average molecular weight is 329 g/mol. The minimum Gasteiger partial charge on any atom is -0.495 e. The molecule has 0 bridgehead atoms. The van der Waals surface area contributed by atoms with Crippen molar-refractivity contribution in [2.45, 2.75) is 32.1 Å². The van der Waals surface area contributed by atoms with E-state index in [9.17, 15) is 22.6 Å². The molecule has 0 radical (unpaired) electrons. The van der Waals surface area contributed by atoms with Crippen LogP contribution in [0.15, 0.2) is 17.0 Å². The van der Waals surface area contributed by atoms with Crippen LogP contribution in [0, 0.1) is 5.92 Å². The number of methoxy groups -OCH3 is 1. The number of rotatable bonds is 6. The van der Waals surface area contributed by atoms with Crippen LogP contribution in [0.5, 0.6) is 5.75 Å². The Balaban J connectivity index is 3.32. The van der Waals surface area contributed by atoms with E-state index in [4.69, 9.17) is 4.74 Å². The summed E-state index contributed by atoms with van der Waals surface area (Å²) in [6.45, 7) is 4.48. The summed E-state index contributed by atoms with van der Waals surface area (Å²) in [5.74, 6) is -1.57. The number of amides is 1. The number of hydrogen-bond donors (Lipinski definition) is 2. The van der Waals surface area contributed by atoms with Crippen molar-refractivity contribution in [2.75, 3.05) is 12.4 Å². The van der Waals surface area contributed by atoms with Gasteiger partial charge in [-0.2, -0.15) is 8.42 Å². The molecule has 22 heavy (non-hydrogen) atoms. The normalized spacial score (nSPS) is 12.6. The summed E-state index contributed by atoms with van der Waals surface area (Å²) in [7, 11) is -3.10. The van der Waals surface area contributed by atoms with Gasteiger partial charge in [-0.3, -0.25) is 14.1 Å². The lowest BCUT2D eigenvalue weighted by Gasteiger charge is -2.15. The molecule has 0 aromatic heterocycles. The Kier molecular flexibility index (Phi) is 5.67. The molecule has 2 N–H and O–H groups in total. The van der Waals surface area contributed by atoms with Gasteiger partial charge >= 0.3 is 0 Å². The van der Waals surface area contributed by atoms with Crippen molar-refractivity contribution in [2.24, 2.45) is 5.92 Å². The van der Waals surface area contributed by atoms with E-state index < -0.39 is 21.9 Å². The number of hydrogen-bond acceptors (Lipinski definition) is 5. The molecule has 1 rings (SSSR count). The lowest BCUT2D eigenvalue weighted by atomic mass is 10.1. The molecule has 122 valence electrons. The van der Waals surface area contributed by atoms with Gasteiger partial charge in [-0.1, -0.05) is 6.92 Å². The predicted octanol–water partition coefficient (Wildman–Crippen LogP) is 1.67. The van der Waals surface area contributed by atoms with Crippen LogP contribution < -0.4 is 10.1 Å².